The number of ketones is 1. The molecular formula is C20H21NO4S3. The van der Waals surface area contributed by atoms with Gasteiger partial charge in [-0.1, -0.05) is 6.92 Å². The fourth-order valence-corrected chi connectivity index (χ4v) is 5.27. The van der Waals surface area contributed by atoms with Crippen molar-refractivity contribution in [2.75, 3.05) is 6.61 Å². The van der Waals surface area contributed by atoms with Crippen LogP contribution >= 0.6 is 22.7 Å². The third-order valence-corrected chi connectivity index (χ3v) is 7.19. The average molecular weight is 436 g/mol. The Morgan fingerprint density at radius 3 is 2.68 bits per heavy atom. The van der Waals surface area contributed by atoms with Crippen LogP contribution in [0, 0.1) is 6.92 Å². The van der Waals surface area contributed by atoms with Gasteiger partial charge in [0.1, 0.15) is 5.75 Å². The van der Waals surface area contributed by atoms with Gasteiger partial charge in [0.2, 0.25) is 15.8 Å². The summed E-state index contributed by atoms with van der Waals surface area (Å²) in [6, 6.07) is 10.1. The summed E-state index contributed by atoms with van der Waals surface area (Å²) in [6.07, 6.45) is 0.888. The highest BCUT2D eigenvalue weighted by Gasteiger charge is 2.17. The van der Waals surface area contributed by atoms with E-state index < -0.39 is 10.0 Å². The van der Waals surface area contributed by atoms with Crippen molar-refractivity contribution in [3.63, 3.8) is 0 Å². The van der Waals surface area contributed by atoms with Crippen LogP contribution in [0.5, 0.6) is 5.75 Å². The number of nitrogens with one attached hydrogen (secondary N) is 1. The summed E-state index contributed by atoms with van der Waals surface area (Å²) in [7, 11) is -3.65. The molecule has 0 amide bonds. The summed E-state index contributed by atoms with van der Waals surface area (Å²) < 4.78 is 33.4. The number of carbonyl (C=O) groups excluding carboxylic acids is 1. The van der Waals surface area contributed by atoms with Crippen molar-refractivity contribution in [2.45, 2.75) is 31.7 Å². The van der Waals surface area contributed by atoms with Gasteiger partial charge >= 0.3 is 0 Å². The fraction of sp³-hybridized carbons (Fsp3) is 0.250. The van der Waals surface area contributed by atoms with Crippen LogP contribution in [0.15, 0.2) is 52.1 Å². The van der Waals surface area contributed by atoms with E-state index in [1.165, 1.54) is 22.7 Å². The maximum Gasteiger partial charge on any atom is 0.240 e. The Bertz CT molecular complexity index is 1050. The minimum Gasteiger partial charge on any atom is -0.493 e. The number of thiophene rings is 2. The van der Waals surface area contributed by atoms with Gasteiger partial charge in [-0.3, -0.25) is 4.79 Å². The van der Waals surface area contributed by atoms with Crippen molar-refractivity contribution in [2.24, 2.45) is 0 Å². The SMILES string of the molecule is CCCOc1ccc(S(=O)(=O)NCc2ccc(C(=O)c3ccsc3)s2)cc1C. The Hall–Kier alpha value is -2.00. The predicted octanol–water partition coefficient (Wildman–Crippen LogP) is 4.62. The second kappa shape index (κ2) is 9.00. The average Bonchev–Trinajstić information content (AvgIpc) is 3.37. The van der Waals surface area contributed by atoms with Gasteiger partial charge in [0.15, 0.2) is 0 Å². The number of sulfonamides is 1. The first-order valence-corrected chi connectivity index (χ1v) is 12.0. The Morgan fingerprint density at radius 1 is 1.18 bits per heavy atom. The third kappa shape index (κ3) is 4.88. The highest BCUT2D eigenvalue weighted by atomic mass is 32.2. The van der Waals surface area contributed by atoms with Crippen LogP contribution in [-0.2, 0) is 16.6 Å². The third-order valence-electron chi connectivity index (χ3n) is 4.02. The molecule has 5 nitrogen and oxygen atoms in total. The van der Waals surface area contributed by atoms with E-state index in [1.807, 2.05) is 19.2 Å². The van der Waals surface area contributed by atoms with Crippen molar-refractivity contribution >= 4 is 38.5 Å². The smallest absolute Gasteiger partial charge is 0.240 e. The van der Waals surface area contributed by atoms with Crippen LogP contribution in [0.4, 0.5) is 0 Å². The fourth-order valence-electron chi connectivity index (χ4n) is 2.54. The molecule has 3 rings (SSSR count). The zero-order valence-corrected chi connectivity index (χ0v) is 18.0. The number of ether oxygens (including phenoxy) is 1. The first-order chi connectivity index (χ1) is 13.4. The van der Waals surface area contributed by atoms with E-state index in [0.717, 1.165) is 16.9 Å². The van der Waals surface area contributed by atoms with Gasteiger partial charge in [0.05, 0.1) is 16.4 Å². The maximum absolute atomic E-state index is 12.6. The van der Waals surface area contributed by atoms with Crippen molar-refractivity contribution in [1.82, 2.24) is 4.72 Å². The molecule has 3 aromatic rings. The summed E-state index contributed by atoms with van der Waals surface area (Å²) in [6.45, 7) is 4.57. The molecule has 0 radical (unpaired) electrons. The molecule has 28 heavy (non-hydrogen) atoms. The van der Waals surface area contributed by atoms with Gasteiger partial charge in [0, 0.05) is 22.4 Å². The van der Waals surface area contributed by atoms with Gasteiger partial charge in [0.25, 0.3) is 0 Å². The number of carbonyl (C=O) groups is 1. The lowest BCUT2D eigenvalue weighted by Gasteiger charge is -2.11. The summed E-state index contributed by atoms with van der Waals surface area (Å²) in [5.74, 6) is 0.647. The van der Waals surface area contributed by atoms with Crippen LogP contribution in [0.2, 0.25) is 0 Å². The van der Waals surface area contributed by atoms with E-state index in [0.29, 0.717) is 22.8 Å². The van der Waals surface area contributed by atoms with Crippen molar-refractivity contribution in [3.8, 4) is 5.75 Å². The number of hydrogen-bond acceptors (Lipinski definition) is 6. The highest BCUT2D eigenvalue weighted by Crippen LogP contribution is 2.24. The van der Waals surface area contributed by atoms with Gasteiger partial charge in [-0.25, -0.2) is 13.1 Å². The minimum absolute atomic E-state index is 0.0429. The van der Waals surface area contributed by atoms with Crippen molar-refractivity contribution < 1.29 is 17.9 Å². The molecule has 148 valence electrons. The van der Waals surface area contributed by atoms with E-state index in [2.05, 4.69) is 4.72 Å². The van der Waals surface area contributed by atoms with E-state index in [-0.39, 0.29) is 17.2 Å². The van der Waals surface area contributed by atoms with E-state index >= 15 is 0 Å². The molecule has 1 aromatic carbocycles. The second-order valence-corrected chi connectivity index (χ2v) is 9.92. The number of aryl methyl sites for hydroxylation is 1. The summed E-state index contributed by atoms with van der Waals surface area (Å²) in [4.78, 5) is 13.9. The molecular weight excluding hydrogens is 414 g/mol. The number of benzene rings is 1. The summed E-state index contributed by atoms with van der Waals surface area (Å²) in [5, 5.41) is 3.66. The molecule has 0 aliphatic carbocycles. The molecule has 0 unspecified atom stereocenters. The Kier molecular flexibility index (Phi) is 6.66. The Morgan fingerprint density at radius 2 is 2.00 bits per heavy atom. The van der Waals surface area contributed by atoms with Crippen LogP contribution in [0.3, 0.4) is 0 Å². The molecule has 0 fully saturated rings. The van der Waals surface area contributed by atoms with Crippen LogP contribution in [0.1, 0.15) is 39.0 Å². The molecule has 1 N–H and O–H groups in total. The van der Waals surface area contributed by atoms with Crippen molar-refractivity contribution in [3.05, 3.63) is 68.0 Å². The Labute approximate surface area is 173 Å². The van der Waals surface area contributed by atoms with Gasteiger partial charge in [-0.2, -0.15) is 11.3 Å². The lowest BCUT2D eigenvalue weighted by atomic mass is 10.2. The van der Waals surface area contributed by atoms with E-state index in [4.69, 9.17) is 4.74 Å². The molecule has 0 atom stereocenters. The predicted molar refractivity (Wildman–Crippen MR) is 113 cm³/mol. The minimum atomic E-state index is -3.65. The van der Waals surface area contributed by atoms with Crippen LogP contribution in [-0.4, -0.2) is 20.8 Å². The molecule has 0 bridgehead atoms. The van der Waals surface area contributed by atoms with Gasteiger partial charge in [-0.05, 0) is 60.7 Å². The normalized spacial score (nSPS) is 11.5. The zero-order chi connectivity index (χ0) is 20.1. The maximum atomic E-state index is 12.6. The number of hydrogen-bond donors (Lipinski definition) is 1. The molecule has 2 heterocycles. The highest BCUT2D eigenvalue weighted by molar-refractivity contribution is 7.89. The molecule has 0 aliphatic heterocycles. The van der Waals surface area contributed by atoms with Crippen molar-refractivity contribution in [1.29, 1.82) is 0 Å². The quantitative estimate of drug-likeness (QED) is 0.498. The monoisotopic (exact) mass is 435 g/mol. The largest absolute Gasteiger partial charge is 0.493 e. The van der Waals surface area contributed by atoms with Crippen LogP contribution in [0.25, 0.3) is 0 Å². The molecule has 0 aliphatic rings. The molecule has 0 saturated heterocycles. The lowest BCUT2D eigenvalue weighted by molar-refractivity contribution is 0.104. The van der Waals surface area contributed by atoms with Crippen LogP contribution < -0.4 is 9.46 Å². The Balaban J connectivity index is 1.67. The summed E-state index contributed by atoms with van der Waals surface area (Å²) in [5.41, 5.74) is 1.43. The molecule has 2 aromatic heterocycles. The molecule has 0 saturated carbocycles. The standard InChI is InChI=1S/C20H21NO4S3/c1-3-9-25-18-6-5-17(11-14(18)2)28(23,24)21-12-16-4-7-19(27-16)20(22)15-8-10-26-13-15/h4-8,10-11,13,21H,3,9,12H2,1-2H3. The lowest BCUT2D eigenvalue weighted by Crippen LogP contribution is -2.22. The topological polar surface area (TPSA) is 72.5 Å². The van der Waals surface area contributed by atoms with E-state index in [1.54, 1.807) is 41.8 Å². The molecule has 8 heteroatoms. The first kappa shape index (κ1) is 20.7. The van der Waals surface area contributed by atoms with E-state index in [9.17, 15) is 13.2 Å². The molecule has 0 spiro atoms. The second-order valence-electron chi connectivity index (χ2n) is 6.21. The number of rotatable bonds is 9. The first-order valence-electron chi connectivity index (χ1n) is 8.79. The summed E-state index contributed by atoms with van der Waals surface area (Å²) >= 11 is 2.77. The zero-order valence-electron chi connectivity index (χ0n) is 15.6. The van der Waals surface area contributed by atoms with Gasteiger partial charge < -0.3 is 4.74 Å². The van der Waals surface area contributed by atoms with Gasteiger partial charge in [-0.15, -0.1) is 11.3 Å².